The third-order valence-electron chi connectivity index (χ3n) is 12.7. The van der Waals surface area contributed by atoms with Gasteiger partial charge < -0.3 is 9.47 Å². The molecule has 0 amide bonds. The molecule has 1 atom stereocenters. The standard InChI is InChI=1S/C54H40N2S/c1-2-12-37(13-3-1)55(39-27-29-45-43-16-5-4-14-41(43)42-15-6-7-17-44(42)48(45)33-39)38-25-22-35(23-26-38)36-24-30-52-49(32-36)46-18-8-10-20-51(46)56(52)40-28-31-54-50(34-40)47-19-9-11-21-53(47)57-54/h1-3,5-12,15-23,25-29,31-34,37H,4,13-14,24,30H2. The first kappa shape index (κ1) is 32.8. The van der Waals surface area contributed by atoms with E-state index in [1.807, 2.05) is 11.3 Å². The monoisotopic (exact) mass is 748 g/mol. The van der Waals surface area contributed by atoms with E-state index >= 15 is 0 Å². The minimum Gasteiger partial charge on any atom is -0.334 e. The van der Waals surface area contributed by atoms with Crippen molar-refractivity contribution in [2.45, 2.75) is 38.1 Å². The molecule has 2 aromatic heterocycles. The van der Waals surface area contributed by atoms with Crippen LogP contribution in [0.15, 0.2) is 164 Å². The fourth-order valence-corrected chi connectivity index (χ4v) is 11.1. The van der Waals surface area contributed by atoms with Gasteiger partial charge >= 0.3 is 0 Å². The molecule has 0 aliphatic heterocycles. The minimum atomic E-state index is 0.232. The number of hydrogen-bond acceptors (Lipinski definition) is 2. The number of rotatable bonds is 5. The van der Waals surface area contributed by atoms with Crippen LogP contribution in [0.5, 0.6) is 0 Å². The van der Waals surface area contributed by atoms with Crippen molar-refractivity contribution in [2.75, 3.05) is 4.90 Å². The fraction of sp³-hybridized carbons (Fsp3) is 0.111. The quantitative estimate of drug-likeness (QED) is 0.159. The Kier molecular flexibility index (Phi) is 7.52. The third-order valence-corrected chi connectivity index (χ3v) is 13.8. The summed E-state index contributed by atoms with van der Waals surface area (Å²) in [5.41, 5.74) is 13.3. The van der Waals surface area contributed by atoms with Crippen molar-refractivity contribution in [3.8, 4) is 5.69 Å². The van der Waals surface area contributed by atoms with Crippen molar-refractivity contribution < 1.29 is 0 Å². The minimum absolute atomic E-state index is 0.232. The van der Waals surface area contributed by atoms with E-state index in [-0.39, 0.29) is 6.04 Å². The number of aryl methyl sites for hydroxylation is 1. The van der Waals surface area contributed by atoms with E-state index in [2.05, 4.69) is 185 Å². The molecule has 3 aliphatic carbocycles. The molecule has 272 valence electrons. The number of nitrogens with zero attached hydrogens (tertiary/aromatic N) is 2. The van der Waals surface area contributed by atoms with Gasteiger partial charge in [0, 0.05) is 53.9 Å². The lowest BCUT2D eigenvalue weighted by Crippen LogP contribution is -2.29. The predicted octanol–water partition coefficient (Wildman–Crippen LogP) is 14.8. The second kappa shape index (κ2) is 13.1. The Labute approximate surface area is 336 Å². The van der Waals surface area contributed by atoms with Crippen LogP contribution in [0, 0.1) is 0 Å². The van der Waals surface area contributed by atoms with Gasteiger partial charge in [-0.1, -0.05) is 115 Å². The molecule has 7 aromatic carbocycles. The van der Waals surface area contributed by atoms with Crippen LogP contribution in [0.25, 0.3) is 76.0 Å². The number of benzene rings is 7. The van der Waals surface area contributed by atoms with Gasteiger partial charge in [0.2, 0.25) is 0 Å². The topological polar surface area (TPSA) is 8.17 Å². The summed E-state index contributed by atoms with van der Waals surface area (Å²) >= 11 is 1.88. The molecular weight excluding hydrogens is 709 g/mol. The molecule has 2 nitrogen and oxygen atoms in total. The van der Waals surface area contributed by atoms with E-state index in [0.717, 1.165) is 32.1 Å². The number of aromatic nitrogens is 1. The molecule has 0 radical (unpaired) electrons. The maximum absolute atomic E-state index is 2.54. The summed E-state index contributed by atoms with van der Waals surface area (Å²) in [6.07, 6.45) is 21.4. The predicted molar refractivity (Wildman–Crippen MR) is 246 cm³/mol. The normalized spacial score (nSPS) is 16.1. The Morgan fingerprint density at radius 2 is 1.35 bits per heavy atom. The Morgan fingerprint density at radius 3 is 2.23 bits per heavy atom. The van der Waals surface area contributed by atoms with Gasteiger partial charge in [0.15, 0.2) is 0 Å². The summed E-state index contributed by atoms with van der Waals surface area (Å²) in [6.45, 7) is 0. The van der Waals surface area contributed by atoms with E-state index in [4.69, 9.17) is 0 Å². The highest BCUT2D eigenvalue weighted by molar-refractivity contribution is 7.25. The van der Waals surface area contributed by atoms with Crippen LogP contribution in [0.3, 0.4) is 0 Å². The highest BCUT2D eigenvalue weighted by Crippen LogP contribution is 2.43. The Bertz CT molecular complexity index is 3220. The molecule has 12 rings (SSSR count). The molecule has 1 unspecified atom stereocenters. The van der Waals surface area contributed by atoms with Crippen molar-refractivity contribution in [1.82, 2.24) is 4.57 Å². The molecule has 0 spiro atoms. The van der Waals surface area contributed by atoms with Gasteiger partial charge in [0.05, 0.1) is 11.6 Å². The third kappa shape index (κ3) is 5.22. The first-order valence-electron chi connectivity index (χ1n) is 20.4. The molecule has 0 saturated heterocycles. The van der Waals surface area contributed by atoms with Crippen LogP contribution in [-0.4, -0.2) is 10.6 Å². The van der Waals surface area contributed by atoms with Gasteiger partial charge in [-0.3, -0.25) is 0 Å². The molecule has 9 aromatic rings. The van der Waals surface area contributed by atoms with Crippen molar-refractivity contribution in [3.63, 3.8) is 0 Å². The molecular formula is C54H40N2S. The highest BCUT2D eigenvalue weighted by atomic mass is 32.1. The summed E-state index contributed by atoms with van der Waals surface area (Å²) < 4.78 is 5.21. The van der Waals surface area contributed by atoms with Gasteiger partial charge in [0.1, 0.15) is 0 Å². The fourth-order valence-electron chi connectivity index (χ4n) is 10.0. The molecule has 0 saturated carbocycles. The van der Waals surface area contributed by atoms with Crippen LogP contribution in [0.2, 0.25) is 0 Å². The van der Waals surface area contributed by atoms with Gasteiger partial charge in [-0.15, -0.1) is 11.3 Å². The van der Waals surface area contributed by atoms with Crippen molar-refractivity contribution in [2.24, 2.45) is 0 Å². The van der Waals surface area contributed by atoms with E-state index in [1.54, 1.807) is 0 Å². The zero-order chi connectivity index (χ0) is 37.5. The van der Waals surface area contributed by atoms with Gasteiger partial charge in [-0.05, 0) is 137 Å². The lowest BCUT2D eigenvalue weighted by atomic mass is 9.86. The summed E-state index contributed by atoms with van der Waals surface area (Å²) in [5, 5.41) is 9.42. The molecule has 0 fully saturated rings. The number of anilines is 2. The van der Waals surface area contributed by atoms with Crippen LogP contribution in [-0.2, 0) is 12.8 Å². The number of hydrogen-bond donors (Lipinski definition) is 0. The summed E-state index contributed by atoms with van der Waals surface area (Å²) in [7, 11) is 0. The molecule has 3 heteroatoms. The largest absolute Gasteiger partial charge is 0.334 e. The average molecular weight is 749 g/mol. The van der Waals surface area contributed by atoms with Crippen LogP contribution in [0.1, 0.15) is 47.2 Å². The maximum atomic E-state index is 2.54. The van der Waals surface area contributed by atoms with Crippen molar-refractivity contribution >= 4 is 93.1 Å². The number of allylic oxidation sites excluding steroid dienone is 4. The second-order valence-corrected chi connectivity index (χ2v) is 16.9. The summed E-state index contributed by atoms with van der Waals surface area (Å²) in [6, 6.07) is 50.6. The Balaban J connectivity index is 0.940. The maximum Gasteiger partial charge on any atom is 0.0559 e. The van der Waals surface area contributed by atoms with Crippen LogP contribution in [0.4, 0.5) is 11.4 Å². The van der Waals surface area contributed by atoms with E-state index in [0.29, 0.717) is 0 Å². The van der Waals surface area contributed by atoms with E-state index in [9.17, 15) is 0 Å². The molecule has 0 N–H and O–H groups in total. The highest BCUT2D eigenvalue weighted by Gasteiger charge is 2.24. The van der Waals surface area contributed by atoms with Crippen LogP contribution >= 0.6 is 11.3 Å². The van der Waals surface area contributed by atoms with Gasteiger partial charge in [-0.2, -0.15) is 0 Å². The zero-order valence-corrected chi connectivity index (χ0v) is 32.5. The molecule has 0 bridgehead atoms. The molecule has 3 aliphatic rings. The summed E-state index contributed by atoms with van der Waals surface area (Å²) in [5.74, 6) is 0. The average Bonchev–Trinajstić information content (AvgIpc) is 3.82. The number of para-hydroxylation sites is 1. The first-order valence-corrected chi connectivity index (χ1v) is 21.2. The van der Waals surface area contributed by atoms with Gasteiger partial charge in [-0.25, -0.2) is 0 Å². The van der Waals surface area contributed by atoms with Gasteiger partial charge in [0.25, 0.3) is 0 Å². The lowest BCUT2D eigenvalue weighted by Gasteiger charge is -2.33. The molecule has 2 heterocycles. The molecule has 57 heavy (non-hydrogen) atoms. The SMILES string of the molecule is C1=CCC(N(c2ccc(C3=Cc4c(n(-c5ccc6sc7ccccc7c6c5)c5ccccc45)CC3)cc2)c2ccc3c4c(c5ccccc5c3c2)CCC=C4)C=C1. The zero-order valence-electron chi connectivity index (χ0n) is 31.7. The second-order valence-electron chi connectivity index (χ2n) is 15.8. The Hall–Kier alpha value is -6.42. The number of fused-ring (bicyclic) bond motifs is 12. The van der Waals surface area contributed by atoms with Crippen LogP contribution < -0.4 is 4.90 Å². The van der Waals surface area contributed by atoms with E-state index < -0.39 is 0 Å². The Morgan fingerprint density at radius 1 is 0.561 bits per heavy atom. The number of thiophene rings is 1. The van der Waals surface area contributed by atoms with Crippen molar-refractivity contribution in [1.29, 1.82) is 0 Å². The van der Waals surface area contributed by atoms with E-state index in [1.165, 1.54) is 103 Å². The van der Waals surface area contributed by atoms with Crippen molar-refractivity contribution in [3.05, 3.63) is 192 Å². The summed E-state index contributed by atoms with van der Waals surface area (Å²) in [4.78, 5) is 2.54. The lowest BCUT2D eigenvalue weighted by molar-refractivity contribution is 0.785. The first-order chi connectivity index (χ1) is 28.3. The smallest absolute Gasteiger partial charge is 0.0559 e.